The van der Waals surface area contributed by atoms with Gasteiger partial charge in [-0.15, -0.1) is 0 Å². The van der Waals surface area contributed by atoms with Gasteiger partial charge in [-0.05, 0) is 30.7 Å². The quantitative estimate of drug-likeness (QED) is 0.868. The van der Waals surface area contributed by atoms with Crippen molar-refractivity contribution in [2.75, 3.05) is 10.6 Å². The zero-order valence-electron chi connectivity index (χ0n) is 12.4. The van der Waals surface area contributed by atoms with Crippen LogP contribution < -0.4 is 10.6 Å². The molecule has 0 bridgehead atoms. The van der Waals surface area contributed by atoms with Crippen LogP contribution in [-0.2, 0) is 16.0 Å². The fourth-order valence-electron chi connectivity index (χ4n) is 2.00. The summed E-state index contributed by atoms with van der Waals surface area (Å²) in [7, 11) is 0. The number of carbonyl (C=O) groups excluding carboxylic acids is 2. The number of amides is 2. The second-order valence-electron chi connectivity index (χ2n) is 5.08. The van der Waals surface area contributed by atoms with Gasteiger partial charge in [-0.3, -0.25) is 9.59 Å². The molecule has 114 valence electrons. The van der Waals surface area contributed by atoms with E-state index in [1.807, 2.05) is 31.2 Å². The highest BCUT2D eigenvalue weighted by molar-refractivity contribution is 9.10. The Morgan fingerprint density at radius 3 is 2.32 bits per heavy atom. The van der Waals surface area contributed by atoms with Crippen molar-refractivity contribution < 1.29 is 9.59 Å². The van der Waals surface area contributed by atoms with Gasteiger partial charge < -0.3 is 10.6 Å². The predicted octanol–water partition coefficient (Wildman–Crippen LogP) is 3.90. The summed E-state index contributed by atoms with van der Waals surface area (Å²) in [6.45, 7) is 3.44. The maximum atomic E-state index is 12.2. The molecule has 0 radical (unpaired) electrons. The standard InChI is InChI=1S/C17H17BrN2O2/c1-11-3-5-13(6-4-11)9-17(22)20-16-10-14(18)7-8-15(16)19-12(2)21/h3-8,10H,9H2,1-2H3,(H,19,21)(H,20,22). The molecule has 2 aromatic carbocycles. The first-order valence-corrected chi connectivity index (χ1v) is 7.66. The zero-order chi connectivity index (χ0) is 16.1. The van der Waals surface area contributed by atoms with Gasteiger partial charge in [0.05, 0.1) is 17.8 Å². The lowest BCUT2D eigenvalue weighted by molar-refractivity contribution is -0.116. The van der Waals surface area contributed by atoms with Crippen LogP contribution in [0.25, 0.3) is 0 Å². The number of aryl methyl sites for hydroxylation is 1. The zero-order valence-corrected chi connectivity index (χ0v) is 14.0. The van der Waals surface area contributed by atoms with E-state index in [1.165, 1.54) is 6.92 Å². The number of benzene rings is 2. The monoisotopic (exact) mass is 360 g/mol. The average Bonchev–Trinajstić information content (AvgIpc) is 2.44. The van der Waals surface area contributed by atoms with E-state index in [0.717, 1.165) is 15.6 Å². The Morgan fingerprint density at radius 2 is 1.68 bits per heavy atom. The van der Waals surface area contributed by atoms with Crippen molar-refractivity contribution in [3.8, 4) is 0 Å². The number of carbonyl (C=O) groups is 2. The maximum Gasteiger partial charge on any atom is 0.228 e. The van der Waals surface area contributed by atoms with E-state index in [4.69, 9.17) is 0 Å². The van der Waals surface area contributed by atoms with Crippen LogP contribution in [0.4, 0.5) is 11.4 Å². The third kappa shape index (κ3) is 4.70. The lowest BCUT2D eigenvalue weighted by Crippen LogP contribution is -2.17. The Bertz CT molecular complexity index is 696. The first-order valence-electron chi connectivity index (χ1n) is 6.86. The molecule has 0 spiro atoms. The Hall–Kier alpha value is -2.14. The molecule has 0 aliphatic rings. The minimum absolute atomic E-state index is 0.131. The summed E-state index contributed by atoms with van der Waals surface area (Å²) in [4.78, 5) is 23.4. The van der Waals surface area contributed by atoms with Crippen LogP contribution in [0.5, 0.6) is 0 Å². The van der Waals surface area contributed by atoms with Crippen LogP contribution in [0.1, 0.15) is 18.1 Å². The maximum absolute atomic E-state index is 12.2. The summed E-state index contributed by atoms with van der Waals surface area (Å²) in [6.07, 6.45) is 0.284. The van der Waals surface area contributed by atoms with Gasteiger partial charge in [0.15, 0.2) is 0 Å². The molecule has 0 heterocycles. The van der Waals surface area contributed by atoms with Crippen LogP contribution in [0, 0.1) is 6.92 Å². The first kappa shape index (κ1) is 16.2. The number of hydrogen-bond acceptors (Lipinski definition) is 2. The third-order valence-corrected chi connectivity index (χ3v) is 3.54. The van der Waals surface area contributed by atoms with Crippen LogP contribution in [0.3, 0.4) is 0 Å². The largest absolute Gasteiger partial charge is 0.325 e. The summed E-state index contributed by atoms with van der Waals surface area (Å²) in [6, 6.07) is 13.1. The highest BCUT2D eigenvalue weighted by Crippen LogP contribution is 2.26. The summed E-state index contributed by atoms with van der Waals surface area (Å²) in [5.74, 6) is -0.315. The van der Waals surface area contributed by atoms with E-state index >= 15 is 0 Å². The molecule has 2 N–H and O–H groups in total. The number of anilines is 2. The number of nitrogens with one attached hydrogen (secondary N) is 2. The van der Waals surface area contributed by atoms with Gasteiger partial charge in [-0.2, -0.15) is 0 Å². The fraction of sp³-hybridized carbons (Fsp3) is 0.176. The molecule has 2 rings (SSSR count). The molecule has 5 heteroatoms. The van der Waals surface area contributed by atoms with Gasteiger partial charge in [0.1, 0.15) is 0 Å². The molecule has 0 atom stereocenters. The smallest absolute Gasteiger partial charge is 0.228 e. The van der Waals surface area contributed by atoms with Gasteiger partial charge in [-0.25, -0.2) is 0 Å². The topological polar surface area (TPSA) is 58.2 Å². The molecule has 2 amide bonds. The van der Waals surface area contributed by atoms with Crippen molar-refractivity contribution >= 4 is 39.1 Å². The summed E-state index contributed by atoms with van der Waals surface area (Å²) >= 11 is 3.36. The molecule has 0 aliphatic carbocycles. The second-order valence-corrected chi connectivity index (χ2v) is 6.00. The number of rotatable bonds is 4. The van der Waals surface area contributed by atoms with Crippen molar-refractivity contribution in [1.82, 2.24) is 0 Å². The van der Waals surface area contributed by atoms with Gasteiger partial charge in [0.2, 0.25) is 11.8 Å². The predicted molar refractivity (Wildman–Crippen MR) is 92.0 cm³/mol. The Morgan fingerprint density at radius 1 is 1.00 bits per heavy atom. The van der Waals surface area contributed by atoms with E-state index in [0.29, 0.717) is 11.4 Å². The molecule has 22 heavy (non-hydrogen) atoms. The van der Waals surface area contributed by atoms with E-state index in [1.54, 1.807) is 18.2 Å². The molecular formula is C17H17BrN2O2. The fourth-order valence-corrected chi connectivity index (χ4v) is 2.37. The molecule has 0 saturated heterocycles. The number of hydrogen-bond donors (Lipinski definition) is 2. The molecule has 4 nitrogen and oxygen atoms in total. The normalized spacial score (nSPS) is 10.1. The first-order chi connectivity index (χ1) is 10.4. The SMILES string of the molecule is CC(=O)Nc1ccc(Br)cc1NC(=O)Cc1ccc(C)cc1. The van der Waals surface area contributed by atoms with Gasteiger partial charge in [0, 0.05) is 11.4 Å². The van der Waals surface area contributed by atoms with Gasteiger partial charge >= 0.3 is 0 Å². The number of halogens is 1. The van der Waals surface area contributed by atoms with Crippen molar-refractivity contribution in [3.63, 3.8) is 0 Å². The summed E-state index contributed by atoms with van der Waals surface area (Å²) < 4.78 is 0.826. The summed E-state index contributed by atoms with van der Waals surface area (Å²) in [5.41, 5.74) is 3.25. The molecule has 0 saturated carbocycles. The Kier molecular flexibility index (Phi) is 5.33. The Balaban J connectivity index is 2.11. The molecule has 0 unspecified atom stereocenters. The Labute approximate surface area is 138 Å². The van der Waals surface area contributed by atoms with Crippen molar-refractivity contribution in [2.24, 2.45) is 0 Å². The minimum Gasteiger partial charge on any atom is -0.325 e. The van der Waals surface area contributed by atoms with Crippen LogP contribution in [0.15, 0.2) is 46.9 Å². The van der Waals surface area contributed by atoms with E-state index < -0.39 is 0 Å². The van der Waals surface area contributed by atoms with Crippen molar-refractivity contribution in [1.29, 1.82) is 0 Å². The van der Waals surface area contributed by atoms with Crippen LogP contribution in [-0.4, -0.2) is 11.8 Å². The van der Waals surface area contributed by atoms with Crippen LogP contribution in [0.2, 0.25) is 0 Å². The van der Waals surface area contributed by atoms with Gasteiger partial charge in [0.25, 0.3) is 0 Å². The third-order valence-electron chi connectivity index (χ3n) is 3.05. The molecular weight excluding hydrogens is 344 g/mol. The van der Waals surface area contributed by atoms with Crippen molar-refractivity contribution in [2.45, 2.75) is 20.3 Å². The average molecular weight is 361 g/mol. The molecule has 0 aliphatic heterocycles. The molecule has 0 aromatic heterocycles. The lowest BCUT2D eigenvalue weighted by atomic mass is 10.1. The lowest BCUT2D eigenvalue weighted by Gasteiger charge is -2.12. The van der Waals surface area contributed by atoms with Crippen molar-refractivity contribution in [3.05, 3.63) is 58.1 Å². The molecule has 2 aromatic rings. The van der Waals surface area contributed by atoms with E-state index in [2.05, 4.69) is 26.6 Å². The van der Waals surface area contributed by atoms with E-state index in [-0.39, 0.29) is 18.2 Å². The highest BCUT2D eigenvalue weighted by atomic mass is 79.9. The van der Waals surface area contributed by atoms with Crippen LogP contribution >= 0.6 is 15.9 Å². The minimum atomic E-state index is -0.184. The molecule has 0 fully saturated rings. The summed E-state index contributed by atoms with van der Waals surface area (Å²) in [5, 5.41) is 5.54. The van der Waals surface area contributed by atoms with Gasteiger partial charge in [-0.1, -0.05) is 45.8 Å². The highest BCUT2D eigenvalue weighted by Gasteiger charge is 2.09. The second kappa shape index (κ2) is 7.22. The van der Waals surface area contributed by atoms with E-state index in [9.17, 15) is 9.59 Å².